The minimum Gasteiger partial charge on any atom is -0.481 e. The van der Waals surface area contributed by atoms with Gasteiger partial charge in [0.25, 0.3) is 0 Å². The van der Waals surface area contributed by atoms with E-state index in [9.17, 15) is 9.59 Å². The van der Waals surface area contributed by atoms with Crippen LogP contribution in [0.25, 0.3) is 0 Å². The fourth-order valence-electron chi connectivity index (χ4n) is 1.39. The van der Waals surface area contributed by atoms with Gasteiger partial charge in [0.15, 0.2) is 0 Å². The Kier molecular flexibility index (Phi) is 6.28. The van der Waals surface area contributed by atoms with Gasteiger partial charge < -0.3 is 10.4 Å². The predicted molar refractivity (Wildman–Crippen MR) is 73.0 cm³/mol. The third-order valence-electron chi connectivity index (χ3n) is 2.27. The Morgan fingerprint density at radius 1 is 1.33 bits per heavy atom. The summed E-state index contributed by atoms with van der Waals surface area (Å²) in [6.45, 7) is 2.03. The van der Waals surface area contributed by atoms with Crippen LogP contribution in [0.4, 0.5) is 5.69 Å². The molecule has 1 aromatic rings. The fourth-order valence-corrected chi connectivity index (χ4v) is 2.11. The number of benzene rings is 1. The van der Waals surface area contributed by atoms with Crippen LogP contribution in [-0.2, 0) is 9.59 Å². The van der Waals surface area contributed by atoms with Gasteiger partial charge in [0.05, 0.1) is 11.4 Å². The Labute approximate surface area is 111 Å². The average Bonchev–Trinajstić information content (AvgIpc) is 2.35. The Morgan fingerprint density at radius 2 is 2.06 bits per heavy atom. The number of hydrogen-bond acceptors (Lipinski definition) is 3. The van der Waals surface area contributed by atoms with Crippen LogP contribution in [0.2, 0.25) is 0 Å². The van der Waals surface area contributed by atoms with Crippen molar-refractivity contribution < 1.29 is 14.7 Å². The van der Waals surface area contributed by atoms with E-state index in [4.69, 9.17) is 5.11 Å². The van der Waals surface area contributed by atoms with Crippen molar-refractivity contribution in [2.24, 2.45) is 0 Å². The summed E-state index contributed by atoms with van der Waals surface area (Å²) in [5.74, 6) is -0.908. The number of para-hydroxylation sites is 1. The molecule has 0 saturated heterocycles. The highest BCUT2D eigenvalue weighted by atomic mass is 32.2. The number of carbonyl (C=O) groups excluding carboxylic acids is 1. The maximum Gasteiger partial charge on any atom is 0.313 e. The molecule has 1 aromatic carbocycles. The van der Waals surface area contributed by atoms with Crippen molar-refractivity contribution in [3.05, 3.63) is 24.3 Å². The minimum absolute atomic E-state index is 0.0121. The number of carboxylic acid groups (broad SMARTS) is 1. The topological polar surface area (TPSA) is 66.4 Å². The fraction of sp³-hybridized carbons (Fsp3) is 0.385. The van der Waals surface area contributed by atoms with Gasteiger partial charge in [-0.05, 0) is 18.6 Å². The summed E-state index contributed by atoms with van der Waals surface area (Å²) < 4.78 is 0. The number of hydrogen-bond donors (Lipinski definition) is 2. The maximum atomic E-state index is 11.6. The molecule has 0 saturated carbocycles. The van der Waals surface area contributed by atoms with Crippen LogP contribution in [0.1, 0.15) is 26.2 Å². The van der Waals surface area contributed by atoms with Crippen LogP contribution in [0.5, 0.6) is 0 Å². The highest BCUT2D eigenvalue weighted by Gasteiger charge is 2.08. The first-order valence-electron chi connectivity index (χ1n) is 5.87. The number of rotatable bonds is 7. The predicted octanol–water partition coefficient (Wildman–Crippen LogP) is 2.99. The Hall–Kier alpha value is -1.49. The van der Waals surface area contributed by atoms with Crippen LogP contribution in [0.3, 0.4) is 0 Å². The van der Waals surface area contributed by atoms with Gasteiger partial charge in [0.2, 0.25) is 5.91 Å². The van der Waals surface area contributed by atoms with Crippen LogP contribution < -0.4 is 5.32 Å². The molecule has 0 spiro atoms. The SMILES string of the molecule is CCCCC(=O)Nc1ccccc1SCC(=O)O. The molecule has 1 amide bonds. The zero-order valence-electron chi connectivity index (χ0n) is 10.3. The molecule has 0 unspecified atom stereocenters. The van der Waals surface area contributed by atoms with Gasteiger partial charge in [-0.1, -0.05) is 25.5 Å². The van der Waals surface area contributed by atoms with E-state index in [-0.39, 0.29) is 11.7 Å². The molecule has 0 aliphatic rings. The molecule has 98 valence electrons. The lowest BCUT2D eigenvalue weighted by atomic mass is 10.2. The third-order valence-corrected chi connectivity index (χ3v) is 3.33. The molecule has 18 heavy (non-hydrogen) atoms. The highest BCUT2D eigenvalue weighted by Crippen LogP contribution is 2.26. The standard InChI is InChI=1S/C13H17NO3S/c1-2-3-8-12(15)14-10-6-4-5-7-11(10)18-9-13(16)17/h4-7H,2-3,8-9H2,1H3,(H,14,15)(H,16,17). The second-order valence-corrected chi connectivity index (χ2v) is 4.85. The Morgan fingerprint density at radius 3 is 2.72 bits per heavy atom. The molecule has 2 N–H and O–H groups in total. The molecule has 0 atom stereocenters. The van der Waals surface area contributed by atoms with Crippen molar-refractivity contribution in [1.29, 1.82) is 0 Å². The number of nitrogens with one attached hydrogen (secondary N) is 1. The van der Waals surface area contributed by atoms with Gasteiger partial charge in [0.1, 0.15) is 0 Å². The number of unbranched alkanes of at least 4 members (excludes halogenated alkanes) is 1. The first-order valence-corrected chi connectivity index (χ1v) is 6.85. The molecule has 0 aromatic heterocycles. The summed E-state index contributed by atoms with van der Waals surface area (Å²) >= 11 is 1.21. The maximum absolute atomic E-state index is 11.6. The quantitative estimate of drug-likeness (QED) is 0.745. The van der Waals surface area contributed by atoms with Crippen molar-refractivity contribution in [2.75, 3.05) is 11.1 Å². The molecule has 0 fully saturated rings. The smallest absolute Gasteiger partial charge is 0.313 e. The number of amides is 1. The summed E-state index contributed by atoms with van der Waals surface area (Å²) in [7, 11) is 0. The van der Waals surface area contributed by atoms with E-state index < -0.39 is 5.97 Å². The lowest BCUT2D eigenvalue weighted by molar-refractivity contribution is -0.133. The normalized spacial score (nSPS) is 10.1. The average molecular weight is 267 g/mol. The number of carboxylic acids is 1. The molecule has 0 bridgehead atoms. The van der Waals surface area contributed by atoms with Gasteiger partial charge in [0, 0.05) is 11.3 Å². The molecule has 0 aliphatic carbocycles. The Balaban J connectivity index is 2.63. The van der Waals surface area contributed by atoms with Gasteiger partial charge >= 0.3 is 5.97 Å². The number of carbonyl (C=O) groups is 2. The number of aliphatic carboxylic acids is 1. The molecule has 1 rings (SSSR count). The number of anilines is 1. The van der Waals surface area contributed by atoms with Crippen molar-refractivity contribution in [3.8, 4) is 0 Å². The summed E-state index contributed by atoms with van der Waals surface area (Å²) in [6, 6.07) is 7.24. The third kappa shape index (κ3) is 5.23. The van der Waals surface area contributed by atoms with E-state index in [1.807, 2.05) is 25.1 Å². The van der Waals surface area contributed by atoms with Gasteiger partial charge in [-0.15, -0.1) is 11.8 Å². The molecule has 0 aliphatic heterocycles. The van der Waals surface area contributed by atoms with E-state index in [1.165, 1.54) is 11.8 Å². The summed E-state index contributed by atoms with van der Waals surface area (Å²) in [5.41, 5.74) is 0.685. The van der Waals surface area contributed by atoms with Crippen LogP contribution in [0, 0.1) is 0 Å². The lowest BCUT2D eigenvalue weighted by Crippen LogP contribution is -2.11. The van der Waals surface area contributed by atoms with Crippen LogP contribution >= 0.6 is 11.8 Å². The van der Waals surface area contributed by atoms with E-state index >= 15 is 0 Å². The van der Waals surface area contributed by atoms with Gasteiger partial charge in [-0.25, -0.2) is 0 Å². The van der Waals surface area contributed by atoms with Crippen molar-refractivity contribution in [2.45, 2.75) is 31.1 Å². The number of thioether (sulfide) groups is 1. The van der Waals surface area contributed by atoms with Gasteiger partial charge in [-0.3, -0.25) is 9.59 Å². The first kappa shape index (κ1) is 14.6. The van der Waals surface area contributed by atoms with E-state index in [0.717, 1.165) is 17.7 Å². The zero-order chi connectivity index (χ0) is 13.4. The molecule has 0 heterocycles. The van der Waals surface area contributed by atoms with Crippen LogP contribution in [-0.4, -0.2) is 22.7 Å². The zero-order valence-corrected chi connectivity index (χ0v) is 11.1. The van der Waals surface area contributed by atoms with Crippen molar-refractivity contribution >= 4 is 29.3 Å². The van der Waals surface area contributed by atoms with E-state index in [1.54, 1.807) is 6.07 Å². The van der Waals surface area contributed by atoms with E-state index in [0.29, 0.717) is 12.1 Å². The Bertz CT molecular complexity index is 420. The summed E-state index contributed by atoms with van der Waals surface area (Å²) in [4.78, 5) is 22.9. The van der Waals surface area contributed by atoms with Crippen molar-refractivity contribution in [3.63, 3.8) is 0 Å². The van der Waals surface area contributed by atoms with Crippen LogP contribution in [0.15, 0.2) is 29.2 Å². The minimum atomic E-state index is -0.868. The first-order chi connectivity index (χ1) is 8.63. The molecule has 4 nitrogen and oxygen atoms in total. The molecular formula is C13H17NO3S. The molecule has 0 radical (unpaired) electrons. The highest BCUT2D eigenvalue weighted by molar-refractivity contribution is 8.00. The largest absolute Gasteiger partial charge is 0.481 e. The van der Waals surface area contributed by atoms with Gasteiger partial charge in [-0.2, -0.15) is 0 Å². The summed E-state index contributed by atoms with van der Waals surface area (Å²) in [5, 5.41) is 11.5. The van der Waals surface area contributed by atoms with E-state index in [2.05, 4.69) is 5.32 Å². The molecular weight excluding hydrogens is 250 g/mol. The molecule has 5 heteroatoms. The summed E-state index contributed by atoms with van der Waals surface area (Å²) in [6.07, 6.45) is 2.33. The second kappa shape index (κ2) is 7.76. The second-order valence-electron chi connectivity index (χ2n) is 3.83. The van der Waals surface area contributed by atoms with Crippen molar-refractivity contribution in [1.82, 2.24) is 0 Å². The monoisotopic (exact) mass is 267 g/mol. The lowest BCUT2D eigenvalue weighted by Gasteiger charge is -2.09.